The van der Waals surface area contributed by atoms with E-state index in [2.05, 4.69) is 60.5 Å². The molecular formula is C32H40N4O4. The maximum Gasteiger partial charge on any atom is 0.262 e. The Morgan fingerprint density at radius 2 is 1.77 bits per heavy atom. The molecule has 3 N–H and O–H groups in total. The summed E-state index contributed by atoms with van der Waals surface area (Å²) in [5.74, 6) is -0.511. The highest BCUT2D eigenvalue weighted by atomic mass is 16.6. The molecule has 1 aliphatic heterocycles. The Hall–Kier alpha value is -3.64. The van der Waals surface area contributed by atoms with Gasteiger partial charge in [0.1, 0.15) is 11.6 Å². The largest absolute Gasteiger partial charge is 0.393 e. The van der Waals surface area contributed by atoms with Gasteiger partial charge in [-0.1, -0.05) is 32.0 Å². The zero-order chi connectivity index (χ0) is 28.8. The summed E-state index contributed by atoms with van der Waals surface area (Å²) in [5.41, 5.74) is 4.63. The number of allylic oxidation sites excluding steroid dienone is 1. The van der Waals surface area contributed by atoms with Gasteiger partial charge in [0, 0.05) is 56.6 Å². The van der Waals surface area contributed by atoms with Crippen molar-refractivity contribution in [2.24, 2.45) is 7.05 Å². The summed E-state index contributed by atoms with van der Waals surface area (Å²) in [7, 11) is 1.93. The Morgan fingerprint density at radius 1 is 1.07 bits per heavy atom. The molecule has 3 aromatic rings. The number of amides is 1. The zero-order valence-electron chi connectivity index (χ0n) is 23.9. The van der Waals surface area contributed by atoms with E-state index in [4.69, 9.17) is 4.74 Å². The Kier molecular flexibility index (Phi) is 9.64. The first-order valence-electron chi connectivity index (χ1n) is 14.1. The molecule has 2 heterocycles. The molecule has 0 spiro atoms. The van der Waals surface area contributed by atoms with E-state index < -0.39 is 24.4 Å². The third-order valence-corrected chi connectivity index (χ3v) is 7.54. The van der Waals surface area contributed by atoms with Crippen LogP contribution in [0.25, 0.3) is 27.6 Å². The highest BCUT2D eigenvalue weighted by molar-refractivity contribution is 6.04. The van der Waals surface area contributed by atoms with Crippen LogP contribution in [0.1, 0.15) is 52.1 Å². The normalized spacial score (nSPS) is 19.7. The minimum absolute atomic E-state index is 0.0133. The molecule has 1 saturated heterocycles. The average molecular weight is 545 g/mol. The minimum Gasteiger partial charge on any atom is -0.393 e. The van der Waals surface area contributed by atoms with Gasteiger partial charge in [0.2, 0.25) is 0 Å². The maximum absolute atomic E-state index is 12.9. The fourth-order valence-electron chi connectivity index (χ4n) is 5.50. The number of aliphatic hydroxyl groups excluding tert-OH is 2. The number of carbonyl (C=O) groups is 1. The Bertz CT molecular complexity index is 1400. The van der Waals surface area contributed by atoms with E-state index in [1.807, 2.05) is 29.8 Å². The molecule has 2 unspecified atom stereocenters. The van der Waals surface area contributed by atoms with Crippen molar-refractivity contribution in [1.29, 1.82) is 5.26 Å². The topological polar surface area (TPSA) is 111 Å². The van der Waals surface area contributed by atoms with Crippen molar-refractivity contribution in [3.05, 3.63) is 59.8 Å². The van der Waals surface area contributed by atoms with Crippen LogP contribution >= 0.6 is 0 Å². The molecule has 212 valence electrons. The van der Waals surface area contributed by atoms with Crippen molar-refractivity contribution in [1.82, 2.24) is 9.88 Å². The number of nitrogens with zero attached hydrogens (tertiary/aromatic N) is 3. The van der Waals surface area contributed by atoms with Crippen molar-refractivity contribution >= 4 is 27.9 Å². The summed E-state index contributed by atoms with van der Waals surface area (Å²) in [6, 6.07) is 19.0. The lowest BCUT2D eigenvalue weighted by Crippen LogP contribution is -2.42. The maximum atomic E-state index is 12.9. The zero-order valence-corrected chi connectivity index (χ0v) is 23.9. The van der Waals surface area contributed by atoms with Crippen LogP contribution < -0.4 is 10.2 Å². The summed E-state index contributed by atoms with van der Waals surface area (Å²) in [4.78, 5) is 15.3. The number of hydrogen-bond acceptors (Lipinski definition) is 6. The summed E-state index contributed by atoms with van der Waals surface area (Å²) in [6.45, 7) is 8.36. The SMILES string of the molecule is CCCN(CCC)c1ccc2cc(-c3ccc(/C(C)=C(\C#N)C(=O)NCC4C[C@H](O)CC(O)O4)n3C)ccc2c1. The molecule has 8 nitrogen and oxygen atoms in total. The number of nitriles is 1. The molecule has 1 aliphatic rings. The number of fused-ring (bicyclic) bond motifs is 1. The van der Waals surface area contributed by atoms with Crippen LogP contribution in [0.15, 0.2) is 54.1 Å². The van der Waals surface area contributed by atoms with Crippen LogP contribution in [0.5, 0.6) is 0 Å². The van der Waals surface area contributed by atoms with Crippen molar-refractivity contribution < 1.29 is 19.7 Å². The number of hydrogen-bond donors (Lipinski definition) is 3. The van der Waals surface area contributed by atoms with Gasteiger partial charge in [0.25, 0.3) is 5.91 Å². The molecule has 0 bridgehead atoms. The van der Waals surface area contributed by atoms with Gasteiger partial charge >= 0.3 is 0 Å². The number of aliphatic hydroxyl groups is 2. The number of ether oxygens (including phenoxy) is 1. The predicted octanol–water partition coefficient (Wildman–Crippen LogP) is 4.74. The standard InChI is InChI=1S/C32H40N4O4/c1-5-13-36(14-6-2)25-10-9-22-15-24(8-7-23(22)16-25)30-12-11-29(35(30)4)21(3)28(19-33)32(39)34-20-27-17-26(37)18-31(38)40-27/h7-12,15-16,26-27,31,37-38H,5-6,13-14,17-18,20H2,1-4H3,(H,34,39)/b28-21+/t26-,27?,31?/m0/s1. The van der Waals surface area contributed by atoms with Gasteiger partial charge in [0.15, 0.2) is 6.29 Å². The van der Waals surface area contributed by atoms with Crippen molar-refractivity contribution in [3.63, 3.8) is 0 Å². The van der Waals surface area contributed by atoms with Gasteiger partial charge in [0.05, 0.1) is 12.2 Å². The molecule has 1 aromatic heterocycles. The Labute approximate surface area is 236 Å². The second kappa shape index (κ2) is 13.1. The molecule has 2 aromatic carbocycles. The first-order valence-corrected chi connectivity index (χ1v) is 14.1. The van der Waals surface area contributed by atoms with Crippen molar-refractivity contribution in [2.75, 3.05) is 24.5 Å². The third-order valence-electron chi connectivity index (χ3n) is 7.54. The Morgan fingerprint density at radius 3 is 2.45 bits per heavy atom. The second-order valence-electron chi connectivity index (χ2n) is 10.6. The lowest BCUT2D eigenvalue weighted by molar-refractivity contribution is -0.187. The van der Waals surface area contributed by atoms with E-state index in [0.717, 1.165) is 48.3 Å². The molecule has 40 heavy (non-hydrogen) atoms. The molecule has 8 heteroatoms. The minimum atomic E-state index is -1.06. The van der Waals surface area contributed by atoms with Crippen LogP contribution in [0.3, 0.4) is 0 Å². The molecule has 4 rings (SSSR count). The smallest absolute Gasteiger partial charge is 0.262 e. The highest BCUT2D eigenvalue weighted by Gasteiger charge is 2.28. The van der Waals surface area contributed by atoms with E-state index in [9.17, 15) is 20.3 Å². The number of nitrogens with one attached hydrogen (secondary N) is 1. The van der Waals surface area contributed by atoms with Gasteiger partial charge < -0.3 is 29.7 Å². The average Bonchev–Trinajstić information content (AvgIpc) is 3.32. The number of carbonyl (C=O) groups excluding carboxylic acids is 1. The molecule has 0 saturated carbocycles. The summed E-state index contributed by atoms with van der Waals surface area (Å²) in [6.07, 6.45) is 0.416. The van der Waals surface area contributed by atoms with E-state index in [-0.39, 0.29) is 18.5 Å². The highest BCUT2D eigenvalue weighted by Crippen LogP contribution is 2.31. The molecule has 3 atom stereocenters. The summed E-state index contributed by atoms with van der Waals surface area (Å²) >= 11 is 0. The molecular weight excluding hydrogens is 504 g/mol. The Balaban J connectivity index is 1.54. The fraction of sp³-hybridized carbons (Fsp3) is 0.438. The van der Waals surface area contributed by atoms with Crippen LogP contribution in [-0.2, 0) is 16.6 Å². The van der Waals surface area contributed by atoms with E-state index in [1.54, 1.807) is 6.92 Å². The van der Waals surface area contributed by atoms with Crippen LogP contribution in [0, 0.1) is 11.3 Å². The molecule has 1 amide bonds. The number of aromatic nitrogens is 1. The van der Waals surface area contributed by atoms with Crippen molar-refractivity contribution in [2.45, 2.75) is 65.0 Å². The molecule has 1 fully saturated rings. The summed E-state index contributed by atoms with van der Waals surface area (Å²) < 4.78 is 7.38. The monoisotopic (exact) mass is 544 g/mol. The predicted molar refractivity (Wildman–Crippen MR) is 158 cm³/mol. The van der Waals surface area contributed by atoms with Crippen LogP contribution in [0.4, 0.5) is 5.69 Å². The van der Waals surface area contributed by atoms with Crippen LogP contribution in [0.2, 0.25) is 0 Å². The quantitative estimate of drug-likeness (QED) is 0.251. The van der Waals surface area contributed by atoms with Crippen molar-refractivity contribution in [3.8, 4) is 17.3 Å². The van der Waals surface area contributed by atoms with Gasteiger partial charge in [-0.2, -0.15) is 5.26 Å². The second-order valence-corrected chi connectivity index (χ2v) is 10.6. The van der Waals surface area contributed by atoms with E-state index >= 15 is 0 Å². The lowest BCUT2D eigenvalue weighted by Gasteiger charge is -2.30. The van der Waals surface area contributed by atoms with Gasteiger partial charge in [-0.3, -0.25) is 4.79 Å². The first kappa shape index (κ1) is 29.3. The van der Waals surface area contributed by atoms with Gasteiger partial charge in [-0.25, -0.2) is 0 Å². The van der Waals surface area contributed by atoms with E-state index in [1.165, 1.54) is 11.1 Å². The van der Waals surface area contributed by atoms with E-state index in [0.29, 0.717) is 12.0 Å². The summed E-state index contributed by atoms with van der Waals surface area (Å²) in [5, 5.41) is 34.4. The number of anilines is 1. The fourth-order valence-corrected chi connectivity index (χ4v) is 5.50. The molecule has 0 aliphatic carbocycles. The first-order chi connectivity index (χ1) is 19.2. The third kappa shape index (κ3) is 6.56. The van der Waals surface area contributed by atoms with Gasteiger partial charge in [-0.15, -0.1) is 0 Å². The number of benzene rings is 2. The lowest BCUT2D eigenvalue weighted by atomic mass is 10.0. The van der Waals surface area contributed by atoms with Crippen LogP contribution in [-0.4, -0.2) is 58.8 Å². The number of rotatable bonds is 10. The molecule has 0 radical (unpaired) electrons. The van der Waals surface area contributed by atoms with Gasteiger partial charge in [-0.05, 0) is 72.0 Å².